The quantitative estimate of drug-likeness (QED) is 0.187. The van der Waals surface area contributed by atoms with E-state index in [1.165, 1.54) is 0 Å². The number of nitrogen functional groups attached to an aromatic ring is 1. The lowest BCUT2D eigenvalue weighted by Gasteiger charge is -2.17. The SMILES string of the molecule is CCN1CC(/C=C/c2cc3cc(C(=N)N)ccc3o2)C(CNc2cc(C)nc(NC(N)=S)n2)C1. The Kier molecular flexibility index (Phi) is 7.09. The number of anilines is 2. The zero-order valence-corrected chi connectivity index (χ0v) is 20.2. The smallest absolute Gasteiger partial charge is 0.231 e. The Labute approximate surface area is 204 Å². The van der Waals surface area contributed by atoms with E-state index in [-0.39, 0.29) is 10.9 Å². The molecule has 0 bridgehead atoms. The first kappa shape index (κ1) is 23.7. The van der Waals surface area contributed by atoms with Crippen molar-refractivity contribution in [2.45, 2.75) is 13.8 Å². The molecule has 4 rings (SSSR count). The van der Waals surface area contributed by atoms with Crippen LogP contribution in [-0.2, 0) is 0 Å². The standard InChI is InChI=1S/C24H30N8OS/c1-3-32-12-16(4-6-19-10-17-9-15(22(25)26)5-7-20(17)33-19)18(13-32)11-28-21-8-14(2)29-24(30-21)31-23(27)34/h4-10,16,18H,3,11-13H2,1-2H3,(H3,25,26)(H4,27,28,29,30,31,34)/b6-4+. The van der Waals surface area contributed by atoms with Crippen LogP contribution >= 0.6 is 12.2 Å². The second-order valence-corrected chi connectivity index (χ2v) is 8.98. The van der Waals surface area contributed by atoms with Gasteiger partial charge in [-0.15, -0.1) is 0 Å². The fourth-order valence-corrected chi connectivity index (χ4v) is 4.37. The molecule has 1 aliphatic heterocycles. The van der Waals surface area contributed by atoms with Gasteiger partial charge in [-0.1, -0.05) is 13.0 Å². The average molecular weight is 479 g/mol. The van der Waals surface area contributed by atoms with Crippen LogP contribution in [0.15, 0.2) is 40.8 Å². The molecule has 1 aliphatic rings. The molecule has 1 saturated heterocycles. The highest BCUT2D eigenvalue weighted by Gasteiger charge is 2.30. The van der Waals surface area contributed by atoms with E-state index in [0.717, 1.165) is 54.4 Å². The van der Waals surface area contributed by atoms with Gasteiger partial charge in [0.15, 0.2) is 5.11 Å². The van der Waals surface area contributed by atoms with Crippen molar-refractivity contribution in [1.82, 2.24) is 14.9 Å². The van der Waals surface area contributed by atoms with E-state index >= 15 is 0 Å². The summed E-state index contributed by atoms with van der Waals surface area (Å²) in [5.74, 6) is 2.75. The van der Waals surface area contributed by atoms with Gasteiger partial charge in [0.1, 0.15) is 23.0 Å². The third kappa shape index (κ3) is 5.70. The van der Waals surface area contributed by atoms with Crippen LogP contribution in [0.4, 0.5) is 11.8 Å². The number of hydrogen-bond donors (Lipinski definition) is 5. The predicted molar refractivity (Wildman–Crippen MR) is 141 cm³/mol. The summed E-state index contributed by atoms with van der Waals surface area (Å²) in [5.41, 5.74) is 13.5. The Hall–Kier alpha value is -3.50. The molecule has 178 valence electrons. The number of thiocarbonyl (C=S) groups is 1. The van der Waals surface area contributed by atoms with Gasteiger partial charge in [-0.25, -0.2) is 4.98 Å². The van der Waals surface area contributed by atoms with Crippen molar-refractivity contribution in [2.75, 3.05) is 36.8 Å². The summed E-state index contributed by atoms with van der Waals surface area (Å²) in [6, 6.07) is 9.43. The lowest BCUT2D eigenvalue weighted by molar-refractivity contribution is 0.343. The number of nitrogens with zero attached hydrogens (tertiary/aromatic N) is 3. The van der Waals surface area contributed by atoms with E-state index < -0.39 is 0 Å². The number of nitrogens with two attached hydrogens (primary N) is 2. The fraction of sp³-hybridized carbons (Fsp3) is 0.333. The molecule has 1 fully saturated rings. The number of fused-ring (bicyclic) bond motifs is 1. The van der Waals surface area contributed by atoms with Gasteiger partial charge < -0.3 is 31.4 Å². The summed E-state index contributed by atoms with van der Waals surface area (Å²) in [6.45, 7) is 7.87. The molecular weight excluding hydrogens is 448 g/mol. The van der Waals surface area contributed by atoms with Crippen LogP contribution in [-0.4, -0.2) is 52.0 Å². The zero-order chi connectivity index (χ0) is 24.2. The number of furan rings is 1. The average Bonchev–Trinajstić information content (AvgIpc) is 3.37. The lowest BCUT2D eigenvalue weighted by atomic mass is 9.95. The summed E-state index contributed by atoms with van der Waals surface area (Å²) in [7, 11) is 0. The molecule has 0 radical (unpaired) electrons. The van der Waals surface area contributed by atoms with Crippen LogP contribution in [0.3, 0.4) is 0 Å². The minimum absolute atomic E-state index is 0.0497. The number of likely N-dealkylation sites (tertiary alicyclic amines) is 1. The van der Waals surface area contributed by atoms with Crippen LogP contribution in [0.5, 0.6) is 0 Å². The largest absolute Gasteiger partial charge is 0.457 e. The topological polar surface area (TPSA) is 142 Å². The summed E-state index contributed by atoms with van der Waals surface area (Å²) in [4.78, 5) is 11.2. The van der Waals surface area contributed by atoms with E-state index in [1.807, 2.05) is 37.3 Å². The normalized spacial score (nSPS) is 18.5. The van der Waals surface area contributed by atoms with Crippen molar-refractivity contribution in [1.29, 1.82) is 5.41 Å². The van der Waals surface area contributed by atoms with Gasteiger partial charge in [0.2, 0.25) is 5.95 Å². The van der Waals surface area contributed by atoms with Crippen LogP contribution in [0.25, 0.3) is 17.0 Å². The Morgan fingerprint density at radius 1 is 1.26 bits per heavy atom. The molecule has 3 heterocycles. The van der Waals surface area contributed by atoms with E-state index in [4.69, 9.17) is 33.5 Å². The monoisotopic (exact) mass is 478 g/mol. The minimum atomic E-state index is 0.0497. The maximum atomic E-state index is 7.63. The Morgan fingerprint density at radius 3 is 2.82 bits per heavy atom. The number of benzene rings is 1. The first-order valence-electron chi connectivity index (χ1n) is 11.2. The molecule has 10 heteroatoms. The molecule has 0 aliphatic carbocycles. The molecule has 2 aromatic heterocycles. The van der Waals surface area contributed by atoms with E-state index in [1.54, 1.807) is 6.07 Å². The number of amidine groups is 1. The molecular formula is C24H30N8OS. The molecule has 0 spiro atoms. The summed E-state index contributed by atoms with van der Waals surface area (Å²) >= 11 is 4.90. The predicted octanol–water partition coefficient (Wildman–Crippen LogP) is 3.16. The zero-order valence-electron chi connectivity index (χ0n) is 19.3. The molecule has 0 amide bonds. The van der Waals surface area contributed by atoms with E-state index in [2.05, 4.69) is 38.5 Å². The van der Waals surface area contributed by atoms with Gasteiger partial charge >= 0.3 is 0 Å². The van der Waals surface area contributed by atoms with Crippen LogP contribution in [0.1, 0.15) is 23.9 Å². The molecule has 3 aromatic rings. The maximum Gasteiger partial charge on any atom is 0.231 e. The molecule has 9 nitrogen and oxygen atoms in total. The third-order valence-electron chi connectivity index (χ3n) is 6.00. The number of rotatable bonds is 8. The van der Waals surface area contributed by atoms with E-state index in [0.29, 0.717) is 23.3 Å². The second kappa shape index (κ2) is 10.2. The number of aryl methyl sites for hydroxylation is 1. The first-order chi connectivity index (χ1) is 16.3. The van der Waals surface area contributed by atoms with Crippen molar-refractivity contribution in [3.05, 3.63) is 53.4 Å². The lowest BCUT2D eigenvalue weighted by Crippen LogP contribution is -2.24. The van der Waals surface area contributed by atoms with Crippen molar-refractivity contribution in [2.24, 2.45) is 23.3 Å². The van der Waals surface area contributed by atoms with Gasteiger partial charge in [0.25, 0.3) is 0 Å². The van der Waals surface area contributed by atoms with Crippen molar-refractivity contribution in [3.8, 4) is 0 Å². The number of aromatic nitrogens is 2. The Morgan fingerprint density at radius 2 is 2.09 bits per heavy atom. The summed E-state index contributed by atoms with van der Waals surface area (Å²) in [5, 5.41) is 15.0. The van der Waals surface area contributed by atoms with Crippen molar-refractivity contribution < 1.29 is 4.42 Å². The van der Waals surface area contributed by atoms with Crippen molar-refractivity contribution in [3.63, 3.8) is 0 Å². The molecule has 7 N–H and O–H groups in total. The van der Waals surface area contributed by atoms with E-state index in [9.17, 15) is 0 Å². The van der Waals surface area contributed by atoms with Crippen LogP contribution in [0.2, 0.25) is 0 Å². The van der Waals surface area contributed by atoms with Crippen molar-refractivity contribution >= 4 is 52.0 Å². The molecule has 34 heavy (non-hydrogen) atoms. The third-order valence-corrected chi connectivity index (χ3v) is 6.11. The van der Waals surface area contributed by atoms with Gasteiger partial charge in [0.05, 0.1) is 0 Å². The highest BCUT2D eigenvalue weighted by atomic mass is 32.1. The number of hydrogen-bond acceptors (Lipinski definition) is 7. The number of nitrogens with one attached hydrogen (secondary N) is 3. The highest BCUT2D eigenvalue weighted by Crippen LogP contribution is 2.27. The maximum absolute atomic E-state index is 7.63. The van der Waals surface area contributed by atoms with Gasteiger partial charge in [-0.2, -0.15) is 4.98 Å². The van der Waals surface area contributed by atoms with Gasteiger partial charge in [0, 0.05) is 42.3 Å². The summed E-state index contributed by atoms with van der Waals surface area (Å²) < 4.78 is 5.97. The van der Waals surface area contributed by atoms with Gasteiger partial charge in [-0.3, -0.25) is 5.41 Å². The van der Waals surface area contributed by atoms with Crippen LogP contribution in [0, 0.1) is 24.2 Å². The molecule has 2 unspecified atom stereocenters. The second-order valence-electron chi connectivity index (χ2n) is 8.54. The molecule has 1 aromatic carbocycles. The van der Waals surface area contributed by atoms with Gasteiger partial charge in [-0.05, 0) is 67.9 Å². The van der Waals surface area contributed by atoms with Crippen LogP contribution < -0.4 is 22.1 Å². The Balaban J connectivity index is 1.46. The fourth-order valence-electron chi connectivity index (χ4n) is 4.27. The summed E-state index contributed by atoms with van der Waals surface area (Å²) in [6.07, 6.45) is 4.28. The first-order valence-corrected chi connectivity index (χ1v) is 11.7. The molecule has 2 atom stereocenters. The molecule has 0 saturated carbocycles. The Bertz CT molecular complexity index is 1240. The minimum Gasteiger partial charge on any atom is -0.457 e. The highest BCUT2D eigenvalue weighted by molar-refractivity contribution is 7.80.